The summed E-state index contributed by atoms with van der Waals surface area (Å²) in [4.78, 5) is 25.9. The summed E-state index contributed by atoms with van der Waals surface area (Å²) in [6.07, 6.45) is 2.36. The Kier molecular flexibility index (Phi) is 5.98. The number of rotatable bonds is 5. The molecular weight excluding hydrogens is 435 g/mol. The predicted molar refractivity (Wildman–Crippen MR) is 125 cm³/mol. The Morgan fingerprint density at radius 1 is 0.971 bits per heavy atom. The Morgan fingerprint density at radius 2 is 1.76 bits per heavy atom. The number of aromatic carboxylic acids is 1. The van der Waals surface area contributed by atoms with E-state index in [4.69, 9.17) is 15.0 Å². The van der Waals surface area contributed by atoms with E-state index in [0.29, 0.717) is 23.7 Å². The van der Waals surface area contributed by atoms with Crippen LogP contribution in [0, 0.1) is 6.92 Å². The molecule has 1 aliphatic carbocycles. The number of hydrogen-bond donors (Lipinski definition) is 0. The number of carboxylic acids is 1. The number of fused-ring (bicyclic) bond motifs is 2. The Hall–Kier alpha value is -3.06. The largest absolute Gasteiger partial charge is 1.00 e. The minimum absolute atomic E-state index is 0. The van der Waals surface area contributed by atoms with Gasteiger partial charge in [-0.1, -0.05) is 36.4 Å². The molecule has 2 aromatic carbocycles. The van der Waals surface area contributed by atoms with Gasteiger partial charge in [-0.15, -0.1) is 0 Å². The first-order valence-corrected chi connectivity index (χ1v) is 11.1. The molecule has 0 saturated heterocycles. The normalized spacial score (nSPS) is 13.2. The SMILES string of the molecule is Cc1ccc2nc(C3CC3)n(Cc3ccc4nc(-c5ccccc5C(=O)[O-])ccc4c3)c2n1.[Na+]. The summed E-state index contributed by atoms with van der Waals surface area (Å²) in [5.41, 5.74) is 6.15. The van der Waals surface area contributed by atoms with Crippen LogP contribution in [0.2, 0.25) is 0 Å². The maximum atomic E-state index is 11.5. The topological polar surface area (TPSA) is 83.7 Å². The van der Waals surface area contributed by atoms with Crippen molar-refractivity contribution < 1.29 is 39.5 Å². The molecule has 0 atom stereocenters. The Bertz CT molecular complexity index is 1560. The first-order chi connectivity index (χ1) is 16.1. The standard InChI is InChI=1S/C27H22N4O2.Na/c1-16-6-11-24-26(28-16)31(25(30-24)18-8-9-18)15-17-7-12-22-19(14-17)10-13-23(29-22)20-4-2-3-5-21(20)27(32)33;/h2-7,10-14,18H,8-9,15H2,1H3,(H,32,33);/q;+1/p-1. The van der Waals surface area contributed by atoms with E-state index in [1.807, 2.05) is 31.2 Å². The molecule has 0 bridgehead atoms. The predicted octanol–water partition coefficient (Wildman–Crippen LogP) is 1.25. The van der Waals surface area contributed by atoms with Crippen LogP contribution in [-0.4, -0.2) is 25.5 Å². The molecule has 0 spiro atoms. The molecule has 6 rings (SSSR count). The third kappa shape index (κ3) is 4.13. The molecule has 0 N–H and O–H groups in total. The number of benzene rings is 2. The van der Waals surface area contributed by atoms with Crippen molar-refractivity contribution in [3.8, 4) is 11.3 Å². The molecule has 34 heavy (non-hydrogen) atoms. The molecule has 1 fully saturated rings. The van der Waals surface area contributed by atoms with E-state index in [0.717, 1.165) is 39.1 Å². The molecule has 0 amide bonds. The van der Waals surface area contributed by atoms with Crippen molar-refractivity contribution in [3.05, 3.63) is 89.4 Å². The average Bonchev–Trinajstić information content (AvgIpc) is 3.62. The van der Waals surface area contributed by atoms with Gasteiger partial charge in [0.1, 0.15) is 11.3 Å². The van der Waals surface area contributed by atoms with Gasteiger partial charge in [0.05, 0.1) is 23.7 Å². The third-order valence-electron chi connectivity index (χ3n) is 6.22. The molecule has 0 aliphatic heterocycles. The molecule has 0 radical (unpaired) electrons. The third-order valence-corrected chi connectivity index (χ3v) is 6.22. The minimum atomic E-state index is -1.20. The molecule has 1 saturated carbocycles. The Balaban J connectivity index is 0.00000241. The van der Waals surface area contributed by atoms with E-state index in [1.54, 1.807) is 24.3 Å². The van der Waals surface area contributed by atoms with Gasteiger partial charge in [0.2, 0.25) is 0 Å². The smallest absolute Gasteiger partial charge is 0.545 e. The van der Waals surface area contributed by atoms with Crippen LogP contribution in [0.4, 0.5) is 0 Å². The van der Waals surface area contributed by atoms with Crippen molar-refractivity contribution in [1.29, 1.82) is 0 Å². The number of hydrogen-bond acceptors (Lipinski definition) is 5. The van der Waals surface area contributed by atoms with Gasteiger partial charge in [-0.2, -0.15) is 0 Å². The molecular formula is C27H21N4NaO2. The van der Waals surface area contributed by atoms with Crippen LogP contribution in [0.3, 0.4) is 0 Å². The zero-order valence-electron chi connectivity index (χ0n) is 19.2. The van der Waals surface area contributed by atoms with E-state index >= 15 is 0 Å². The summed E-state index contributed by atoms with van der Waals surface area (Å²) >= 11 is 0. The van der Waals surface area contributed by atoms with E-state index in [-0.39, 0.29) is 35.1 Å². The number of aromatic nitrogens is 4. The van der Waals surface area contributed by atoms with Gasteiger partial charge in [-0.05, 0) is 55.7 Å². The van der Waals surface area contributed by atoms with Gasteiger partial charge in [0.15, 0.2) is 5.65 Å². The van der Waals surface area contributed by atoms with Crippen LogP contribution >= 0.6 is 0 Å². The second kappa shape index (κ2) is 8.95. The van der Waals surface area contributed by atoms with Crippen LogP contribution in [0.25, 0.3) is 33.3 Å². The Labute approximate surface area is 219 Å². The summed E-state index contributed by atoms with van der Waals surface area (Å²) in [5.74, 6) is 0.439. The molecule has 1 aliphatic rings. The molecule has 6 nitrogen and oxygen atoms in total. The molecule has 3 heterocycles. The van der Waals surface area contributed by atoms with Crippen LogP contribution < -0.4 is 34.7 Å². The second-order valence-corrected chi connectivity index (χ2v) is 8.68. The van der Waals surface area contributed by atoms with E-state index in [9.17, 15) is 9.90 Å². The minimum Gasteiger partial charge on any atom is -0.545 e. The summed E-state index contributed by atoms with van der Waals surface area (Å²) < 4.78 is 2.25. The summed E-state index contributed by atoms with van der Waals surface area (Å²) in [6.45, 7) is 2.70. The zero-order valence-corrected chi connectivity index (χ0v) is 21.2. The molecule has 0 unspecified atom stereocenters. The number of carbonyl (C=O) groups excluding carboxylic acids is 1. The fourth-order valence-corrected chi connectivity index (χ4v) is 4.41. The number of carboxylic acid groups (broad SMARTS) is 1. The van der Waals surface area contributed by atoms with Gasteiger partial charge < -0.3 is 14.5 Å². The zero-order chi connectivity index (χ0) is 22.5. The van der Waals surface area contributed by atoms with Crippen LogP contribution in [0.5, 0.6) is 0 Å². The Morgan fingerprint density at radius 3 is 2.56 bits per heavy atom. The van der Waals surface area contributed by atoms with Gasteiger partial charge in [-0.25, -0.2) is 15.0 Å². The summed E-state index contributed by atoms with van der Waals surface area (Å²) in [5, 5.41) is 12.5. The van der Waals surface area contributed by atoms with E-state index in [2.05, 4.69) is 22.8 Å². The van der Waals surface area contributed by atoms with Crippen LogP contribution in [0.1, 0.15) is 46.2 Å². The van der Waals surface area contributed by atoms with Crippen molar-refractivity contribution in [1.82, 2.24) is 19.5 Å². The summed E-state index contributed by atoms with van der Waals surface area (Å²) in [6, 6.07) is 20.9. The molecule has 5 aromatic rings. The van der Waals surface area contributed by atoms with Crippen molar-refractivity contribution in [2.24, 2.45) is 0 Å². The van der Waals surface area contributed by atoms with Crippen molar-refractivity contribution in [2.75, 3.05) is 0 Å². The van der Waals surface area contributed by atoms with Crippen LogP contribution in [-0.2, 0) is 6.54 Å². The number of pyridine rings is 2. The number of carbonyl (C=O) groups is 1. The van der Waals surface area contributed by atoms with Gasteiger partial charge >= 0.3 is 29.6 Å². The first-order valence-electron chi connectivity index (χ1n) is 11.1. The maximum absolute atomic E-state index is 11.5. The fourth-order valence-electron chi connectivity index (χ4n) is 4.41. The van der Waals surface area contributed by atoms with E-state index in [1.165, 1.54) is 12.8 Å². The second-order valence-electron chi connectivity index (χ2n) is 8.68. The molecule has 3 aromatic heterocycles. The monoisotopic (exact) mass is 456 g/mol. The van der Waals surface area contributed by atoms with Gasteiger partial charge in [0, 0.05) is 28.1 Å². The van der Waals surface area contributed by atoms with Gasteiger partial charge in [0.25, 0.3) is 0 Å². The average molecular weight is 456 g/mol. The van der Waals surface area contributed by atoms with Crippen molar-refractivity contribution in [2.45, 2.75) is 32.2 Å². The number of nitrogens with zero attached hydrogens (tertiary/aromatic N) is 4. The van der Waals surface area contributed by atoms with Crippen LogP contribution in [0.15, 0.2) is 66.7 Å². The molecule has 162 valence electrons. The number of aryl methyl sites for hydroxylation is 1. The number of imidazole rings is 1. The maximum Gasteiger partial charge on any atom is 1.00 e. The fraction of sp³-hybridized carbons (Fsp3) is 0.185. The van der Waals surface area contributed by atoms with Crippen molar-refractivity contribution >= 4 is 28.0 Å². The van der Waals surface area contributed by atoms with E-state index < -0.39 is 5.97 Å². The summed E-state index contributed by atoms with van der Waals surface area (Å²) in [7, 11) is 0. The van der Waals surface area contributed by atoms with Crippen molar-refractivity contribution in [3.63, 3.8) is 0 Å². The quantitative estimate of drug-likeness (QED) is 0.372. The first kappa shape index (κ1) is 22.7. The molecule has 7 heteroatoms. The van der Waals surface area contributed by atoms with Gasteiger partial charge in [-0.3, -0.25) is 0 Å².